The Labute approximate surface area is 123 Å². The zero-order valence-electron chi connectivity index (χ0n) is 12.9. The third-order valence-corrected chi connectivity index (χ3v) is 5.48. The molecule has 106 valence electrons. The summed E-state index contributed by atoms with van der Waals surface area (Å²) in [6.07, 6.45) is 0.757. The summed E-state index contributed by atoms with van der Waals surface area (Å²) in [4.78, 5) is 13.0. The van der Waals surface area contributed by atoms with E-state index in [-0.39, 0.29) is 11.9 Å². The van der Waals surface area contributed by atoms with E-state index in [0.29, 0.717) is 13.2 Å². The molecule has 2 unspecified atom stereocenters. The molecule has 6 heteroatoms. The minimum absolute atomic E-state index is 0.143. The smallest absolute Gasteiger partial charge is 0.250 e. The lowest BCUT2D eigenvalue weighted by molar-refractivity contribution is -0.217. The zero-order valence-corrected chi connectivity index (χ0v) is 12.5. The van der Waals surface area contributed by atoms with Crippen molar-refractivity contribution in [3.63, 3.8) is 0 Å². The van der Waals surface area contributed by atoms with Crippen LogP contribution in [0.15, 0.2) is 30.3 Å². The second-order valence-corrected chi connectivity index (χ2v) is 6.68. The molecule has 1 aromatic rings. The summed E-state index contributed by atoms with van der Waals surface area (Å²) in [6.45, 7) is 0.928. The van der Waals surface area contributed by atoms with Crippen molar-refractivity contribution in [3.8, 4) is 0 Å². The molecule has 0 bridgehead atoms. The Morgan fingerprint density at radius 3 is 3.00 bits per heavy atom. The molecule has 0 radical (unpaired) electrons. The van der Waals surface area contributed by atoms with Crippen LogP contribution < -0.4 is 9.98 Å². The molecule has 0 amide bonds. The highest BCUT2D eigenvalue weighted by Crippen LogP contribution is 2.56. The van der Waals surface area contributed by atoms with E-state index < -0.39 is 14.5 Å². The Morgan fingerprint density at radius 1 is 1.58 bits per heavy atom. The van der Waals surface area contributed by atoms with Crippen molar-refractivity contribution in [2.45, 2.75) is 19.4 Å². The van der Waals surface area contributed by atoms with Crippen LogP contribution in [0, 0.1) is 0 Å². The molecule has 1 N–H and O–H groups in total. The molecule has 19 heavy (non-hydrogen) atoms. The van der Waals surface area contributed by atoms with Crippen LogP contribution in [0.4, 0.5) is 0 Å². The Hall–Kier alpha value is -0.220. The molecule has 4 nitrogen and oxygen atoms in total. The number of nitrogens with one attached hydrogen (secondary N) is 1. The molecule has 2 atom stereocenters. The van der Waals surface area contributed by atoms with E-state index in [4.69, 9.17) is 18.9 Å². The van der Waals surface area contributed by atoms with Gasteiger partial charge < -0.3 is 4.89 Å². The van der Waals surface area contributed by atoms with Crippen LogP contribution in [0.3, 0.4) is 0 Å². The van der Waals surface area contributed by atoms with E-state index >= 15 is 0 Å². The summed E-state index contributed by atoms with van der Waals surface area (Å²) in [6, 6.07) is 9.54. The van der Waals surface area contributed by atoms with Gasteiger partial charge in [0.05, 0.1) is 12.6 Å². The van der Waals surface area contributed by atoms with Crippen molar-refractivity contribution in [1.29, 1.82) is 0 Å². The number of benzene rings is 1. The summed E-state index contributed by atoms with van der Waals surface area (Å²) in [5.74, 6) is -0.298. The maximum absolute atomic E-state index is 13.0. The van der Waals surface area contributed by atoms with Crippen LogP contribution in [0.1, 0.15) is 27.7 Å². The van der Waals surface area contributed by atoms with Crippen LogP contribution in [0.5, 0.6) is 0 Å². The van der Waals surface area contributed by atoms with E-state index in [2.05, 4.69) is 5.09 Å². The van der Waals surface area contributed by atoms with Crippen molar-refractivity contribution >= 4 is 19.6 Å². The van der Waals surface area contributed by atoms with Gasteiger partial charge in [-0.05, 0) is 18.9 Å². The summed E-state index contributed by atoms with van der Waals surface area (Å²) in [7, 11) is -3.46. The normalized spacial score (nSPS) is 28.6. The molecule has 0 spiro atoms. The van der Waals surface area contributed by atoms with E-state index in [0.717, 1.165) is 12.0 Å². The third kappa shape index (κ3) is 3.66. The number of halogens is 1. The van der Waals surface area contributed by atoms with Gasteiger partial charge in [-0.3, -0.25) is 0 Å². The zero-order chi connectivity index (χ0) is 15.5. The van der Waals surface area contributed by atoms with Crippen LogP contribution in [0.2, 0.25) is 0 Å². The van der Waals surface area contributed by atoms with Crippen molar-refractivity contribution in [1.82, 2.24) is 9.76 Å². The topological polar surface area (TPSA) is 47.6 Å². The first-order valence-corrected chi connectivity index (χ1v) is 8.41. The van der Waals surface area contributed by atoms with Gasteiger partial charge in [-0.25, -0.2) is 4.52 Å². The van der Waals surface area contributed by atoms with E-state index in [1.807, 2.05) is 37.3 Å². The highest BCUT2D eigenvalue weighted by molar-refractivity contribution is 7.59. The first kappa shape index (κ1) is 12.5. The molecule has 0 aromatic heterocycles. The van der Waals surface area contributed by atoms with Crippen molar-refractivity contribution in [2.24, 2.45) is 0 Å². The SMILES string of the molecule is [2H]C([2H])(CCl)N[P+]1([O-])OCCCN1C(C)c1ccccc1. The maximum atomic E-state index is 13.0. The predicted octanol–water partition coefficient (Wildman–Crippen LogP) is 2.34. The Kier molecular flexibility index (Phi) is 4.60. The first-order chi connectivity index (χ1) is 9.88. The maximum Gasteiger partial charge on any atom is 0.250 e. The Morgan fingerprint density at radius 2 is 2.32 bits per heavy atom. The fraction of sp³-hybridized carbons (Fsp3) is 0.538. The van der Waals surface area contributed by atoms with E-state index in [9.17, 15) is 4.89 Å². The lowest BCUT2D eigenvalue weighted by atomic mass is 10.1. The molecule has 0 aliphatic carbocycles. The quantitative estimate of drug-likeness (QED) is 0.670. The van der Waals surface area contributed by atoms with Crippen LogP contribution >= 0.6 is 19.6 Å². The lowest BCUT2D eigenvalue weighted by Crippen LogP contribution is -2.46. The summed E-state index contributed by atoms with van der Waals surface area (Å²) >= 11 is 5.59. The monoisotopic (exact) mass is 304 g/mol. The molecule has 1 saturated heterocycles. The molecular weight excluding hydrogens is 283 g/mol. The van der Waals surface area contributed by atoms with Gasteiger partial charge in [0.15, 0.2) is 0 Å². The van der Waals surface area contributed by atoms with Gasteiger partial charge in [0.1, 0.15) is 0 Å². The first-order valence-electron chi connectivity index (χ1n) is 7.30. The second kappa shape index (κ2) is 6.98. The van der Waals surface area contributed by atoms with Crippen molar-refractivity contribution in [2.75, 3.05) is 25.5 Å². The van der Waals surface area contributed by atoms with Gasteiger partial charge >= 0.3 is 0 Å². The van der Waals surface area contributed by atoms with Gasteiger partial charge in [-0.15, -0.1) is 16.3 Å². The average molecular weight is 305 g/mol. The van der Waals surface area contributed by atoms with Crippen LogP contribution in [-0.4, -0.2) is 30.2 Å². The van der Waals surface area contributed by atoms with Gasteiger partial charge in [0.25, 0.3) is 8.02 Å². The average Bonchev–Trinajstić information content (AvgIpc) is 2.47. The summed E-state index contributed by atoms with van der Waals surface area (Å²) in [5, 5.41) is 2.48. The Balaban J connectivity index is 2.22. The third-order valence-electron chi connectivity index (χ3n) is 3.15. The minimum atomic E-state index is -3.46. The van der Waals surface area contributed by atoms with Gasteiger partial charge in [-0.2, -0.15) is 5.09 Å². The van der Waals surface area contributed by atoms with Gasteiger partial charge in [-0.1, -0.05) is 30.3 Å². The van der Waals surface area contributed by atoms with Crippen LogP contribution in [0.25, 0.3) is 0 Å². The van der Waals surface area contributed by atoms with Gasteiger partial charge in [0.2, 0.25) is 0 Å². The van der Waals surface area contributed by atoms with Crippen LogP contribution in [-0.2, 0) is 4.52 Å². The van der Waals surface area contributed by atoms with E-state index in [1.165, 1.54) is 0 Å². The van der Waals surface area contributed by atoms with Crippen molar-refractivity contribution in [3.05, 3.63) is 35.9 Å². The summed E-state index contributed by atoms with van der Waals surface area (Å²) < 4.78 is 22.6. The number of alkyl halides is 1. The highest BCUT2D eigenvalue weighted by atomic mass is 35.5. The molecule has 1 heterocycles. The second-order valence-electron chi connectivity index (χ2n) is 4.38. The van der Waals surface area contributed by atoms with E-state index in [1.54, 1.807) is 4.67 Å². The molecule has 2 rings (SSSR count). The molecule has 0 saturated carbocycles. The number of nitrogens with zero attached hydrogens (tertiary/aromatic N) is 1. The largest absolute Gasteiger partial charge is 0.626 e. The Bertz CT molecular complexity index is 469. The predicted molar refractivity (Wildman–Crippen MR) is 77.8 cm³/mol. The standard InChI is InChI=1S/C13H20ClN2O2P/c1-12(13-6-3-2-4-7-13)16-10-5-11-18-19(16,17)15-9-8-14/h2-4,6-7,12H,5,8-11H2,1H3,(H,15,17)/i9D2. The molecule has 1 aliphatic rings. The minimum Gasteiger partial charge on any atom is -0.626 e. The summed E-state index contributed by atoms with van der Waals surface area (Å²) in [5.41, 5.74) is 1.01. The number of hydrogen-bond donors (Lipinski definition) is 1. The fourth-order valence-electron chi connectivity index (χ4n) is 2.17. The highest BCUT2D eigenvalue weighted by Gasteiger charge is 2.42. The number of hydrogen-bond acceptors (Lipinski definition) is 4. The molecule has 1 aliphatic heterocycles. The molecule has 1 fully saturated rings. The molecule has 1 aromatic carbocycles. The molecular formula is C13H20ClN2O2P. The lowest BCUT2D eigenvalue weighted by Gasteiger charge is -2.43. The fourth-order valence-corrected chi connectivity index (χ4v) is 4.32. The van der Waals surface area contributed by atoms with Gasteiger partial charge in [0, 0.05) is 21.7 Å². The number of rotatable bonds is 5. The van der Waals surface area contributed by atoms with Crippen molar-refractivity contribution < 1.29 is 12.2 Å².